The zero-order chi connectivity index (χ0) is 27.3. The van der Waals surface area contributed by atoms with Crippen LogP contribution in [0.1, 0.15) is 47.2 Å². The highest BCUT2D eigenvalue weighted by molar-refractivity contribution is 6.99. The largest absolute Gasteiger partial charge is 0.465 e. The molecule has 3 N–H and O–H groups in total. The number of carboxylic acid groups (broad SMARTS) is 1. The van der Waals surface area contributed by atoms with Gasteiger partial charge in [-0.3, -0.25) is 4.90 Å². The van der Waals surface area contributed by atoms with E-state index in [0.29, 0.717) is 11.4 Å². The molecule has 0 unspecified atom stereocenters. The smallest absolute Gasteiger partial charge is 0.408 e. The van der Waals surface area contributed by atoms with Crippen molar-refractivity contribution in [2.75, 3.05) is 12.3 Å². The van der Waals surface area contributed by atoms with E-state index in [1.54, 1.807) is 18.3 Å². The number of hydrogen-bond donors (Lipinski definition) is 2. The van der Waals surface area contributed by atoms with Crippen LogP contribution in [-0.4, -0.2) is 47.6 Å². The van der Waals surface area contributed by atoms with Crippen LogP contribution in [0.5, 0.6) is 0 Å². The van der Waals surface area contributed by atoms with Gasteiger partial charge in [-0.1, -0.05) is 87.4 Å². The van der Waals surface area contributed by atoms with E-state index in [9.17, 15) is 9.90 Å². The predicted molar refractivity (Wildman–Crippen MR) is 153 cm³/mol. The Labute approximate surface area is 221 Å². The molecule has 1 heterocycles. The fraction of sp³-hybridized carbons (Fsp3) is 0.333. The Morgan fingerprint density at radius 1 is 0.973 bits per heavy atom. The summed E-state index contributed by atoms with van der Waals surface area (Å²) in [6.07, 6.45) is 0.555. The van der Waals surface area contributed by atoms with E-state index in [4.69, 9.17) is 10.2 Å². The quantitative estimate of drug-likeness (QED) is 0.366. The number of nitrogens with two attached hydrogens (primary N) is 1. The van der Waals surface area contributed by atoms with Gasteiger partial charge in [-0.25, -0.2) is 9.78 Å². The minimum atomic E-state index is -2.90. The van der Waals surface area contributed by atoms with E-state index >= 15 is 0 Å². The summed E-state index contributed by atoms with van der Waals surface area (Å²) in [6, 6.07) is 23.2. The van der Waals surface area contributed by atoms with Gasteiger partial charge >= 0.3 is 6.09 Å². The summed E-state index contributed by atoms with van der Waals surface area (Å²) in [4.78, 5) is 18.1. The molecule has 1 atom stereocenters. The minimum absolute atomic E-state index is 0.0938. The van der Waals surface area contributed by atoms with Crippen molar-refractivity contribution in [2.45, 2.75) is 58.2 Å². The van der Waals surface area contributed by atoms with Gasteiger partial charge < -0.3 is 15.3 Å². The highest BCUT2D eigenvalue weighted by Gasteiger charge is 2.51. The Hall–Kier alpha value is -3.60. The van der Waals surface area contributed by atoms with Gasteiger partial charge in [0.1, 0.15) is 11.7 Å². The number of nitrogen functional groups attached to an aromatic ring is 1. The second-order valence-corrected chi connectivity index (χ2v) is 15.3. The third-order valence-corrected chi connectivity index (χ3v) is 11.3. The Balaban J connectivity index is 2.16. The number of anilines is 1. The van der Waals surface area contributed by atoms with Crippen molar-refractivity contribution in [1.29, 1.82) is 0 Å². The second kappa shape index (κ2) is 11.2. The van der Waals surface area contributed by atoms with Crippen molar-refractivity contribution in [2.24, 2.45) is 0 Å². The molecule has 0 radical (unpaired) electrons. The first kappa shape index (κ1) is 28.0. The van der Waals surface area contributed by atoms with Gasteiger partial charge in [0.05, 0.1) is 12.3 Å². The fourth-order valence-corrected chi connectivity index (χ4v) is 9.27. The molecule has 0 aliphatic heterocycles. The summed E-state index contributed by atoms with van der Waals surface area (Å²) in [7, 11) is -2.90. The van der Waals surface area contributed by atoms with Gasteiger partial charge in [0.2, 0.25) is 0 Å². The van der Waals surface area contributed by atoms with Crippen molar-refractivity contribution in [3.63, 3.8) is 0 Å². The van der Waals surface area contributed by atoms with Crippen LogP contribution in [0.15, 0.2) is 79.0 Å². The van der Waals surface area contributed by atoms with Crippen molar-refractivity contribution < 1.29 is 14.3 Å². The summed E-state index contributed by atoms with van der Waals surface area (Å²) in [5, 5.41) is 12.2. The highest BCUT2D eigenvalue weighted by Crippen LogP contribution is 2.37. The van der Waals surface area contributed by atoms with E-state index < -0.39 is 26.0 Å². The fourth-order valence-electron chi connectivity index (χ4n) is 4.71. The van der Waals surface area contributed by atoms with E-state index in [0.717, 1.165) is 10.4 Å². The number of hydrogen-bond acceptors (Lipinski definition) is 4. The van der Waals surface area contributed by atoms with Crippen LogP contribution in [0, 0.1) is 11.8 Å². The van der Waals surface area contributed by atoms with Crippen LogP contribution in [-0.2, 0) is 4.43 Å². The van der Waals surface area contributed by atoms with Gasteiger partial charge in [-0.05, 0) is 54.2 Å². The first-order valence-electron chi connectivity index (χ1n) is 12.4. The number of nitrogens with zero attached hydrogens (tertiary/aromatic N) is 2. The monoisotopic (exact) mass is 515 g/mol. The first-order valence-corrected chi connectivity index (χ1v) is 14.3. The molecular formula is C30H37N3O3Si. The standard InChI is InChI=1S/C30H37N3O3Si/c1-29(2,3)33(28(34)35)23(19-20-27-26(31)18-13-21-32-27)22-36-37(30(4,5)6,24-14-9-7-10-15-24)25-16-11-8-12-17-25/h7-18,21,23H,22,31H2,1-6H3,(H,34,35)/t23-/m0/s1. The molecule has 0 saturated heterocycles. The van der Waals surface area contributed by atoms with Crippen molar-refractivity contribution >= 4 is 30.5 Å². The van der Waals surface area contributed by atoms with E-state index in [2.05, 4.69) is 61.9 Å². The van der Waals surface area contributed by atoms with Crippen LogP contribution in [0.3, 0.4) is 0 Å². The molecule has 1 amide bonds. The average Bonchev–Trinajstić information content (AvgIpc) is 2.83. The number of rotatable bonds is 6. The maximum Gasteiger partial charge on any atom is 0.408 e. The molecule has 1 aromatic heterocycles. The van der Waals surface area contributed by atoms with Crippen LogP contribution >= 0.6 is 0 Å². The van der Waals surface area contributed by atoms with Gasteiger partial charge in [0, 0.05) is 11.7 Å². The average molecular weight is 516 g/mol. The molecular weight excluding hydrogens is 478 g/mol. The predicted octanol–water partition coefficient (Wildman–Crippen LogP) is 4.74. The Morgan fingerprint density at radius 3 is 1.95 bits per heavy atom. The summed E-state index contributed by atoms with van der Waals surface area (Å²) < 4.78 is 7.05. The van der Waals surface area contributed by atoms with E-state index in [1.807, 2.05) is 57.2 Å². The lowest BCUT2D eigenvalue weighted by atomic mass is 10.0. The van der Waals surface area contributed by atoms with Crippen LogP contribution < -0.4 is 16.1 Å². The first-order chi connectivity index (χ1) is 17.4. The lowest BCUT2D eigenvalue weighted by Gasteiger charge is -2.45. The number of carbonyl (C=O) groups is 1. The summed E-state index contributed by atoms with van der Waals surface area (Å²) in [5.74, 6) is 6.16. The van der Waals surface area contributed by atoms with Gasteiger partial charge in [0.25, 0.3) is 8.32 Å². The Kier molecular flexibility index (Phi) is 8.47. The molecule has 6 nitrogen and oxygen atoms in total. The summed E-state index contributed by atoms with van der Waals surface area (Å²) in [5.41, 5.74) is 6.21. The molecule has 7 heteroatoms. The zero-order valence-electron chi connectivity index (χ0n) is 22.5. The number of amides is 1. The molecule has 194 valence electrons. The summed E-state index contributed by atoms with van der Waals surface area (Å²) >= 11 is 0. The van der Waals surface area contributed by atoms with E-state index in [1.165, 1.54) is 4.90 Å². The third kappa shape index (κ3) is 6.22. The number of benzene rings is 2. The van der Waals surface area contributed by atoms with Gasteiger partial charge in [-0.2, -0.15) is 0 Å². The second-order valence-electron chi connectivity index (χ2n) is 11.0. The molecule has 0 aliphatic carbocycles. The maximum absolute atomic E-state index is 12.5. The molecule has 3 aromatic rings. The third-order valence-electron chi connectivity index (χ3n) is 6.31. The normalized spacial score (nSPS) is 12.8. The Morgan fingerprint density at radius 2 is 1.51 bits per heavy atom. The highest BCUT2D eigenvalue weighted by atomic mass is 28.4. The lowest BCUT2D eigenvalue weighted by Crippen LogP contribution is -2.67. The van der Waals surface area contributed by atoms with Crippen LogP contribution in [0.25, 0.3) is 0 Å². The SMILES string of the molecule is CC(C)(C)N(C(=O)O)[C@@H](C#Cc1ncccc1N)CO[Si](c1ccccc1)(c1ccccc1)C(C)(C)C. The number of aromatic nitrogens is 1. The minimum Gasteiger partial charge on any atom is -0.465 e. The van der Waals surface area contributed by atoms with Gasteiger partial charge in [0.15, 0.2) is 0 Å². The maximum atomic E-state index is 12.5. The molecule has 0 spiro atoms. The van der Waals surface area contributed by atoms with Crippen molar-refractivity contribution in [1.82, 2.24) is 9.88 Å². The molecule has 0 aliphatic rings. The van der Waals surface area contributed by atoms with Gasteiger partial charge in [-0.15, -0.1) is 0 Å². The summed E-state index contributed by atoms with van der Waals surface area (Å²) in [6.45, 7) is 12.2. The Bertz CT molecular complexity index is 1220. The number of pyridine rings is 1. The molecule has 2 aromatic carbocycles. The van der Waals surface area contributed by atoms with Crippen LogP contribution in [0.2, 0.25) is 5.04 Å². The van der Waals surface area contributed by atoms with Crippen molar-refractivity contribution in [3.05, 3.63) is 84.7 Å². The zero-order valence-corrected chi connectivity index (χ0v) is 23.5. The topological polar surface area (TPSA) is 88.7 Å². The molecule has 3 rings (SSSR count). The lowest BCUT2D eigenvalue weighted by molar-refractivity contribution is 0.0683. The van der Waals surface area contributed by atoms with Crippen LogP contribution in [0.4, 0.5) is 10.5 Å². The molecule has 37 heavy (non-hydrogen) atoms. The van der Waals surface area contributed by atoms with E-state index in [-0.39, 0.29) is 11.6 Å². The molecule has 0 bridgehead atoms. The molecule has 0 fully saturated rings. The molecule has 0 saturated carbocycles. The van der Waals surface area contributed by atoms with Crippen molar-refractivity contribution in [3.8, 4) is 11.8 Å².